The Morgan fingerprint density at radius 3 is 2.34 bits per heavy atom. The fraction of sp³-hybridized carbons (Fsp3) is 0.385. The third kappa shape index (κ3) is 6.12. The first-order chi connectivity index (χ1) is 17.9. The number of benzene rings is 2. The van der Waals surface area contributed by atoms with E-state index >= 15 is 0 Å². The van der Waals surface area contributed by atoms with E-state index in [9.17, 15) is 31.1 Å². The third-order valence-electron chi connectivity index (χ3n) is 6.49. The van der Waals surface area contributed by atoms with Gasteiger partial charge in [-0.15, -0.1) is 0 Å². The molecule has 0 radical (unpaired) electrons. The molecule has 3 aromatic rings. The van der Waals surface area contributed by atoms with Crippen LogP contribution in [0.1, 0.15) is 34.0 Å². The minimum atomic E-state index is -5.05. The second-order valence-electron chi connectivity index (χ2n) is 9.25. The zero-order valence-corrected chi connectivity index (χ0v) is 20.7. The Labute approximate surface area is 214 Å². The van der Waals surface area contributed by atoms with E-state index in [1.165, 1.54) is 12.0 Å². The van der Waals surface area contributed by atoms with Crippen molar-refractivity contribution < 1.29 is 36.0 Å². The number of halogens is 6. The highest BCUT2D eigenvalue weighted by molar-refractivity contribution is 5.95. The normalized spacial score (nSPS) is 17.7. The van der Waals surface area contributed by atoms with Gasteiger partial charge in [0.25, 0.3) is 5.91 Å². The minimum absolute atomic E-state index is 0.0239. The number of H-pyrrole nitrogens is 1. The quantitative estimate of drug-likeness (QED) is 0.252. The van der Waals surface area contributed by atoms with Gasteiger partial charge in [0.05, 0.1) is 16.8 Å². The number of nitrogens with one attached hydrogen (secondary N) is 1. The summed E-state index contributed by atoms with van der Waals surface area (Å²) in [6.45, 7) is 3.02. The Bertz CT molecular complexity index is 1300. The van der Waals surface area contributed by atoms with Crippen molar-refractivity contribution in [3.05, 3.63) is 70.9 Å². The maximum atomic E-state index is 13.5. The maximum absolute atomic E-state index is 13.5. The lowest BCUT2D eigenvalue weighted by molar-refractivity contribution is -0.143. The molecule has 2 aromatic carbocycles. The van der Waals surface area contributed by atoms with E-state index in [4.69, 9.17) is 4.84 Å². The average Bonchev–Trinajstić information content (AvgIpc) is 3.25. The van der Waals surface area contributed by atoms with Crippen LogP contribution in [-0.4, -0.2) is 65.7 Å². The van der Waals surface area contributed by atoms with Gasteiger partial charge in [0.1, 0.15) is 7.11 Å². The molecular weight excluding hydrogens is 514 g/mol. The molecule has 204 valence electrons. The highest BCUT2D eigenvalue weighted by Gasteiger charge is 2.39. The van der Waals surface area contributed by atoms with Crippen LogP contribution in [0.4, 0.5) is 26.3 Å². The van der Waals surface area contributed by atoms with Crippen LogP contribution in [0.2, 0.25) is 0 Å². The van der Waals surface area contributed by atoms with Crippen molar-refractivity contribution in [3.8, 4) is 0 Å². The molecule has 1 fully saturated rings. The van der Waals surface area contributed by atoms with E-state index in [0.29, 0.717) is 43.9 Å². The summed E-state index contributed by atoms with van der Waals surface area (Å²) in [7, 11) is 1.42. The number of carbonyl (C=O) groups is 1. The summed E-state index contributed by atoms with van der Waals surface area (Å²) in [6, 6.07) is 8.01. The molecule has 1 N–H and O–H groups in total. The van der Waals surface area contributed by atoms with Crippen molar-refractivity contribution in [1.82, 2.24) is 14.8 Å². The van der Waals surface area contributed by atoms with Crippen LogP contribution in [0.5, 0.6) is 0 Å². The Kier molecular flexibility index (Phi) is 7.73. The van der Waals surface area contributed by atoms with E-state index in [2.05, 4.69) is 10.1 Å². The van der Waals surface area contributed by atoms with Gasteiger partial charge in [-0.25, -0.2) is 0 Å². The van der Waals surface area contributed by atoms with Crippen molar-refractivity contribution >= 4 is 22.5 Å². The van der Waals surface area contributed by atoms with E-state index in [-0.39, 0.29) is 12.6 Å². The van der Waals surface area contributed by atoms with Gasteiger partial charge in [0.2, 0.25) is 0 Å². The lowest BCUT2D eigenvalue weighted by atomic mass is 9.98. The zero-order valence-electron chi connectivity index (χ0n) is 20.7. The Morgan fingerprint density at radius 1 is 1.05 bits per heavy atom. The van der Waals surface area contributed by atoms with Crippen molar-refractivity contribution in [3.63, 3.8) is 0 Å². The predicted octanol–water partition coefficient (Wildman–Crippen LogP) is 5.60. The number of aromatic amines is 1. The largest absolute Gasteiger partial charge is 0.416 e. The SMILES string of the molecule is CON=C(C)CN1CCN(C(=O)c2cc(C(F)(F)F)cc(C(F)(F)F)c2)[C@H](Cc2c[nH]c3ccccc23)C1. The van der Waals surface area contributed by atoms with E-state index in [0.717, 1.165) is 16.5 Å². The minimum Gasteiger partial charge on any atom is -0.399 e. The van der Waals surface area contributed by atoms with Crippen molar-refractivity contribution in [2.45, 2.75) is 31.7 Å². The van der Waals surface area contributed by atoms with Crippen molar-refractivity contribution in [2.24, 2.45) is 5.16 Å². The number of carbonyl (C=O) groups excluding carboxylic acids is 1. The van der Waals surface area contributed by atoms with Crippen LogP contribution in [-0.2, 0) is 23.6 Å². The van der Waals surface area contributed by atoms with Crippen molar-refractivity contribution in [2.75, 3.05) is 33.3 Å². The second-order valence-corrected chi connectivity index (χ2v) is 9.25. The van der Waals surface area contributed by atoms with Gasteiger partial charge in [0.15, 0.2) is 0 Å². The van der Waals surface area contributed by atoms with Crippen LogP contribution in [0, 0.1) is 0 Å². The monoisotopic (exact) mass is 540 g/mol. The molecule has 4 rings (SSSR count). The third-order valence-corrected chi connectivity index (χ3v) is 6.49. The Hall–Kier alpha value is -3.54. The molecule has 0 saturated carbocycles. The molecule has 1 aromatic heterocycles. The summed E-state index contributed by atoms with van der Waals surface area (Å²) in [5.41, 5.74) is -1.24. The molecule has 0 aliphatic carbocycles. The van der Waals surface area contributed by atoms with Gasteiger partial charge in [0, 0.05) is 54.9 Å². The summed E-state index contributed by atoms with van der Waals surface area (Å²) >= 11 is 0. The highest BCUT2D eigenvalue weighted by Crippen LogP contribution is 2.37. The first-order valence-corrected chi connectivity index (χ1v) is 11.8. The molecule has 1 aliphatic rings. The number of aromatic nitrogens is 1. The zero-order chi connectivity index (χ0) is 27.7. The van der Waals surface area contributed by atoms with E-state index < -0.39 is 41.0 Å². The van der Waals surface area contributed by atoms with Crippen LogP contribution < -0.4 is 0 Å². The number of hydrogen-bond acceptors (Lipinski definition) is 4. The first kappa shape index (κ1) is 27.5. The molecule has 2 heterocycles. The standard InChI is InChI=1S/C26H26F6N4O2/c1-16(34-38-2)14-35-7-8-36(21(15-35)11-18-13-33-23-6-4-3-5-22(18)23)24(37)17-9-19(25(27,28)29)12-20(10-17)26(30,31)32/h3-6,9-10,12-13,21,33H,7-8,11,14-15H2,1-2H3/t21-/m1/s1. The van der Waals surface area contributed by atoms with Gasteiger partial charge in [-0.3, -0.25) is 9.69 Å². The summed E-state index contributed by atoms with van der Waals surface area (Å²) in [5, 5.41) is 4.83. The molecule has 12 heteroatoms. The molecule has 6 nitrogen and oxygen atoms in total. The summed E-state index contributed by atoms with van der Waals surface area (Å²) in [6.07, 6.45) is -7.94. The van der Waals surface area contributed by atoms with Gasteiger partial charge in [-0.1, -0.05) is 23.4 Å². The first-order valence-electron chi connectivity index (χ1n) is 11.8. The lowest BCUT2D eigenvalue weighted by Gasteiger charge is -2.41. The number of alkyl halides is 6. The maximum Gasteiger partial charge on any atom is 0.416 e. The second kappa shape index (κ2) is 10.7. The molecule has 1 atom stereocenters. The molecule has 0 spiro atoms. The molecule has 0 bridgehead atoms. The molecule has 1 aliphatic heterocycles. The number of nitrogens with zero attached hydrogens (tertiary/aromatic N) is 3. The Balaban J connectivity index is 1.69. The van der Waals surface area contributed by atoms with Crippen LogP contribution in [0.25, 0.3) is 10.9 Å². The number of oxime groups is 1. The van der Waals surface area contributed by atoms with Crippen molar-refractivity contribution in [1.29, 1.82) is 0 Å². The summed E-state index contributed by atoms with van der Waals surface area (Å²) < 4.78 is 80.6. The van der Waals surface area contributed by atoms with E-state index in [1.807, 2.05) is 29.2 Å². The highest BCUT2D eigenvalue weighted by atomic mass is 19.4. The number of hydrogen-bond donors (Lipinski definition) is 1. The van der Waals surface area contributed by atoms with Gasteiger partial charge < -0.3 is 14.7 Å². The van der Waals surface area contributed by atoms with Crippen LogP contribution >= 0.6 is 0 Å². The van der Waals surface area contributed by atoms with Crippen LogP contribution in [0.15, 0.2) is 53.8 Å². The number of amides is 1. The predicted molar refractivity (Wildman–Crippen MR) is 130 cm³/mol. The van der Waals surface area contributed by atoms with Crippen LogP contribution in [0.3, 0.4) is 0 Å². The smallest absolute Gasteiger partial charge is 0.399 e. The molecule has 38 heavy (non-hydrogen) atoms. The number of fused-ring (bicyclic) bond motifs is 1. The Morgan fingerprint density at radius 2 is 1.71 bits per heavy atom. The fourth-order valence-corrected chi connectivity index (χ4v) is 4.81. The number of piperazine rings is 1. The van der Waals surface area contributed by atoms with Gasteiger partial charge in [-0.05, 0) is 43.2 Å². The molecule has 0 unspecified atom stereocenters. The average molecular weight is 541 g/mol. The van der Waals surface area contributed by atoms with Gasteiger partial charge >= 0.3 is 12.4 Å². The topological polar surface area (TPSA) is 60.9 Å². The van der Waals surface area contributed by atoms with E-state index in [1.54, 1.807) is 13.1 Å². The summed E-state index contributed by atoms with van der Waals surface area (Å²) in [5.74, 6) is -0.881. The lowest BCUT2D eigenvalue weighted by Crippen LogP contribution is -2.56. The summed E-state index contributed by atoms with van der Waals surface area (Å²) in [4.78, 5) is 24.9. The number of para-hydroxylation sites is 1. The molecule has 1 saturated heterocycles. The van der Waals surface area contributed by atoms with Gasteiger partial charge in [-0.2, -0.15) is 26.3 Å². The molecule has 1 amide bonds. The molecular formula is C26H26F6N4O2. The fourth-order valence-electron chi connectivity index (χ4n) is 4.81. The number of rotatable bonds is 6.